The van der Waals surface area contributed by atoms with Gasteiger partial charge in [0.1, 0.15) is 5.82 Å². The summed E-state index contributed by atoms with van der Waals surface area (Å²) in [6.07, 6.45) is 8.51. The lowest BCUT2D eigenvalue weighted by Gasteiger charge is -2.35. The summed E-state index contributed by atoms with van der Waals surface area (Å²) < 4.78 is 0. The molecule has 2 rings (SSSR count). The number of likely N-dealkylation sites (tertiary alicyclic amines) is 1. The zero-order valence-corrected chi connectivity index (χ0v) is 11.4. The highest BCUT2D eigenvalue weighted by molar-refractivity contribution is 5.33. The van der Waals surface area contributed by atoms with Crippen LogP contribution in [0.25, 0.3) is 0 Å². The predicted molar refractivity (Wildman–Crippen MR) is 76.8 cm³/mol. The molecule has 1 unspecified atom stereocenters. The van der Waals surface area contributed by atoms with Crippen LogP contribution in [-0.2, 0) is 0 Å². The van der Waals surface area contributed by atoms with Crippen molar-refractivity contribution in [3.05, 3.63) is 24.4 Å². The molecule has 100 valence electrons. The van der Waals surface area contributed by atoms with Crippen LogP contribution in [-0.4, -0.2) is 35.6 Å². The summed E-state index contributed by atoms with van der Waals surface area (Å²) in [5.41, 5.74) is 0. The van der Waals surface area contributed by atoms with Gasteiger partial charge in [0.2, 0.25) is 0 Å². The number of nitrogens with one attached hydrogen (secondary N) is 1. The van der Waals surface area contributed by atoms with E-state index in [2.05, 4.69) is 22.1 Å². The number of piperidine rings is 1. The molecule has 0 bridgehead atoms. The molecule has 1 aliphatic heterocycles. The molecule has 0 aromatic carbocycles. The minimum Gasteiger partial charge on any atom is -0.369 e. The van der Waals surface area contributed by atoms with Gasteiger partial charge >= 0.3 is 0 Å². The first-order valence-electron chi connectivity index (χ1n) is 7.29. The molecular weight excluding hydrogens is 222 g/mol. The van der Waals surface area contributed by atoms with E-state index in [0.717, 1.165) is 12.4 Å². The minimum absolute atomic E-state index is 0.687. The molecule has 1 fully saturated rings. The summed E-state index contributed by atoms with van der Waals surface area (Å²) in [7, 11) is 0. The number of anilines is 1. The van der Waals surface area contributed by atoms with E-state index in [-0.39, 0.29) is 0 Å². The molecule has 1 aromatic rings. The minimum atomic E-state index is 0.687. The third-order valence-corrected chi connectivity index (χ3v) is 3.73. The van der Waals surface area contributed by atoms with E-state index in [9.17, 15) is 0 Å². The van der Waals surface area contributed by atoms with Crippen LogP contribution in [0.2, 0.25) is 0 Å². The second-order valence-electron chi connectivity index (χ2n) is 5.14. The number of pyridine rings is 1. The van der Waals surface area contributed by atoms with Crippen molar-refractivity contribution in [1.29, 1.82) is 0 Å². The number of nitrogens with zero attached hydrogens (tertiary/aromatic N) is 2. The summed E-state index contributed by atoms with van der Waals surface area (Å²) in [5.74, 6) is 0.999. The van der Waals surface area contributed by atoms with Crippen molar-refractivity contribution in [2.75, 3.05) is 25.0 Å². The van der Waals surface area contributed by atoms with Gasteiger partial charge in [-0.25, -0.2) is 4.98 Å². The Bertz CT molecular complexity index is 326. The van der Waals surface area contributed by atoms with Crippen LogP contribution in [0.4, 0.5) is 5.82 Å². The van der Waals surface area contributed by atoms with Crippen LogP contribution in [0, 0.1) is 0 Å². The van der Waals surface area contributed by atoms with Crippen molar-refractivity contribution < 1.29 is 0 Å². The fourth-order valence-corrected chi connectivity index (χ4v) is 2.64. The van der Waals surface area contributed by atoms with Gasteiger partial charge in [-0.3, -0.25) is 4.90 Å². The smallest absolute Gasteiger partial charge is 0.125 e. The van der Waals surface area contributed by atoms with Crippen molar-refractivity contribution >= 4 is 5.82 Å². The van der Waals surface area contributed by atoms with Crippen LogP contribution in [0.1, 0.15) is 39.0 Å². The van der Waals surface area contributed by atoms with Gasteiger partial charge in [-0.15, -0.1) is 0 Å². The van der Waals surface area contributed by atoms with Gasteiger partial charge in [-0.05, 0) is 44.5 Å². The van der Waals surface area contributed by atoms with Gasteiger partial charge in [-0.1, -0.05) is 25.8 Å². The average Bonchev–Trinajstić information content (AvgIpc) is 2.45. The largest absolute Gasteiger partial charge is 0.369 e. The monoisotopic (exact) mass is 247 g/mol. The number of hydrogen-bond donors (Lipinski definition) is 1. The Morgan fingerprint density at radius 3 is 3.11 bits per heavy atom. The second-order valence-corrected chi connectivity index (χ2v) is 5.14. The van der Waals surface area contributed by atoms with Crippen LogP contribution < -0.4 is 5.32 Å². The van der Waals surface area contributed by atoms with E-state index in [4.69, 9.17) is 0 Å². The van der Waals surface area contributed by atoms with Gasteiger partial charge in [-0.2, -0.15) is 0 Å². The first kappa shape index (κ1) is 13.3. The summed E-state index contributed by atoms with van der Waals surface area (Å²) in [4.78, 5) is 6.98. The number of unbranched alkanes of at least 4 members (excludes halogenated alkanes) is 1. The Morgan fingerprint density at radius 2 is 2.33 bits per heavy atom. The molecule has 0 amide bonds. The zero-order chi connectivity index (χ0) is 12.6. The lowest BCUT2D eigenvalue weighted by atomic mass is 10.0. The van der Waals surface area contributed by atoms with E-state index in [1.807, 2.05) is 24.4 Å². The van der Waals surface area contributed by atoms with Gasteiger partial charge in [0.15, 0.2) is 0 Å². The maximum absolute atomic E-state index is 4.32. The fourth-order valence-electron chi connectivity index (χ4n) is 2.64. The molecule has 0 saturated carbocycles. The molecule has 0 spiro atoms. The first-order valence-corrected chi connectivity index (χ1v) is 7.29. The van der Waals surface area contributed by atoms with Gasteiger partial charge in [0.05, 0.1) is 0 Å². The Morgan fingerprint density at radius 1 is 1.39 bits per heavy atom. The van der Waals surface area contributed by atoms with Gasteiger partial charge in [0, 0.05) is 18.8 Å². The normalized spacial score (nSPS) is 20.8. The molecular formula is C15H25N3. The molecule has 3 nitrogen and oxygen atoms in total. The van der Waals surface area contributed by atoms with E-state index in [0.29, 0.717) is 6.04 Å². The molecule has 2 heterocycles. The second kappa shape index (κ2) is 7.37. The first-order chi connectivity index (χ1) is 8.90. The topological polar surface area (TPSA) is 28.2 Å². The fraction of sp³-hybridized carbons (Fsp3) is 0.667. The van der Waals surface area contributed by atoms with Crippen molar-refractivity contribution in [1.82, 2.24) is 9.88 Å². The lowest BCUT2D eigenvalue weighted by Crippen LogP contribution is -2.44. The van der Waals surface area contributed by atoms with Crippen LogP contribution in [0.3, 0.4) is 0 Å². The third-order valence-electron chi connectivity index (χ3n) is 3.73. The average molecular weight is 247 g/mol. The lowest BCUT2D eigenvalue weighted by molar-refractivity contribution is 0.154. The Balaban J connectivity index is 1.81. The summed E-state index contributed by atoms with van der Waals surface area (Å²) >= 11 is 0. The van der Waals surface area contributed by atoms with Crippen LogP contribution in [0.5, 0.6) is 0 Å². The highest BCUT2D eigenvalue weighted by atomic mass is 15.2. The number of rotatable bonds is 6. The molecule has 1 saturated heterocycles. The van der Waals surface area contributed by atoms with E-state index in [1.165, 1.54) is 45.2 Å². The quantitative estimate of drug-likeness (QED) is 0.837. The Labute approximate surface area is 111 Å². The van der Waals surface area contributed by atoms with Crippen molar-refractivity contribution in [3.63, 3.8) is 0 Å². The number of hydrogen-bond acceptors (Lipinski definition) is 3. The third kappa shape index (κ3) is 3.98. The number of aromatic nitrogens is 1. The summed E-state index contributed by atoms with van der Waals surface area (Å²) in [5, 5.41) is 3.47. The molecule has 18 heavy (non-hydrogen) atoms. The molecule has 1 aliphatic rings. The van der Waals surface area contributed by atoms with Crippen LogP contribution in [0.15, 0.2) is 24.4 Å². The zero-order valence-electron chi connectivity index (χ0n) is 11.4. The highest BCUT2D eigenvalue weighted by Gasteiger charge is 2.21. The SMILES string of the molecule is CCCCN1CCCCC1CNc1ccccn1. The van der Waals surface area contributed by atoms with E-state index < -0.39 is 0 Å². The maximum atomic E-state index is 4.32. The van der Waals surface area contributed by atoms with Crippen molar-refractivity contribution in [3.8, 4) is 0 Å². The summed E-state index contributed by atoms with van der Waals surface area (Å²) in [6.45, 7) is 5.82. The summed E-state index contributed by atoms with van der Waals surface area (Å²) in [6, 6.07) is 6.72. The van der Waals surface area contributed by atoms with Gasteiger partial charge in [0.25, 0.3) is 0 Å². The Hall–Kier alpha value is -1.09. The molecule has 1 aromatic heterocycles. The molecule has 3 heteroatoms. The standard InChI is InChI=1S/C15H25N3/c1-2-3-11-18-12-7-5-8-14(18)13-17-15-9-4-6-10-16-15/h4,6,9-10,14H,2-3,5,7-8,11-13H2,1H3,(H,16,17). The van der Waals surface area contributed by atoms with Crippen LogP contribution >= 0.6 is 0 Å². The molecule has 0 aliphatic carbocycles. The van der Waals surface area contributed by atoms with Gasteiger partial charge < -0.3 is 5.32 Å². The van der Waals surface area contributed by atoms with E-state index in [1.54, 1.807) is 0 Å². The van der Waals surface area contributed by atoms with E-state index >= 15 is 0 Å². The predicted octanol–water partition coefficient (Wildman–Crippen LogP) is 3.15. The maximum Gasteiger partial charge on any atom is 0.125 e. The highest BCUT2D eigenvalue weighted by Crippen LogP contribution is 2.18. The Kier molecular flexibility index (Phi) is 5.46. The molecule has 1 N–H and O–H groups in total. The van der Waals surface area contributed by atoms with Crippen molar-refractivity contribution in [2.24, 2.45) is 0 Å². The molecule has 1 atom stereocenters. The van der Waals surface area contributed by atoms with Crippen molar-refractivity contribution in [2.45, 2.75) is 45.1 Å². The molecule has 0 radical (unpaired) electrons.